The van der Waals surface area contributed by atoms with Gasteiger partial charge in [0.05, 0.1) is 6.61 Å². The number of Topliss-reactive ketones (excluding diaryl/α,β-unsaturated/α-hetero) is 1. The lowest BCUT2D eigenvalue weighted by atomic mass is 9.90. The Hall–Kier alpha value is -1.69. The number of unbranched alkanes of at least 4 members (excludes halogenated alkanes) is 36. The van der Waals surface area contributed by atoms with E-state index in [1.165, 1.54) is 186 Å². The molecule has 0 heterocycles. The average Bonchev–Trinajstić information content (AvgIpc) is 3.28. The van der Waals surface area contributed by atoms with Crippen molar-refractivity contribution in [3.05, 3.63) is 12.2 Å². The van der Waals surface area contributed by atoms with Crippen LogP contribution in [0.3, 0.4) is 0 Å². The first kappa shape index (κ1) is 61.3. The molecule has 2 unspecified atom stereocenters. The van der Waals surface area contributed by atoms with Gasteiger partial charge in [-0.2, -0.15) is 0 Å². The highest BCUT2D eigenvalue weighted by atomic mass is 16.6. The second-order valence-corrected chi connectivity index (χ2v) is 19.4. The number of ketones is 1. The molecule has 2 atom stereocenters. The Bertz CT molecular complexity index is 993. The standard InChI is InChI=1S/C57H108O6/c1-4-7-10-13-15-17-19-21-23-25-27-29-34-38-43-48-55(59)53(46-41-12-9-6-3)47-42-37-33-31-32-36-40-45-50-57(61)63-54(51-58)52-62-56(60)49-44-39-35-30-28-26-24-22-20-18-16-14-11-8-5-2/h37,42,53-54,58H,4-36,38-41,43-52H2,1-3H3/b42-37-. The molecule has 6 heteroatoms. The normalized spacial score (nSPS) is 12.6. The van der Waals surface area contributed by atoms with E-state index in [-0.39, 0.29) is 31.1 Å². The van der Waals surface area contributed by atoms with Gasteiger partial charge >= 0.3 is 11.9 Å². The molecule has 0 saturated carbocycles. The maximum absolute atomic E-state index is 13.2. The Labute approximate surface area is 392 Å². The monoisotopic (exact) mass is 889 g/mol. The lowest BCUT2D eigenvalue weighted by Crippen LogP contribution is -2.28. The SMILES string of the molecule is CCCCCCCCCCCCCCCCCC(=O)OCC(CO)OC(=O)CCCCCCC/C=C\CC(CCCCCC)C(=O)CCCCCCCCCCCCCCCCC. The number of aliphatic hydroxyl groups is 1. The Morgan fingerprint density at radius 3 is 1.17 bits per heavy atom. The van der Waals surface area contributed by atoms with E-state index in [0.29, 0.717) is 18.6 Å². The van der Waals surface area contributed by atoms with E-state index in [2.05, 4.69) is 32.9 Å². The maximum Gasteiger partial charge on any atom is 0.306 e. The van der Waals surface area contributed by atoms with Crippen molar-refractivity contribution in [2.45, 2.75) is 316 Å². The number of ether oxygens (including phenoxy) is 2. The molecule has 372 valence electrons. The number of hydrogen-bond acceptors (Lipinski definition) is 6. The summed E-state index contributed by atoms with van der Waals surface area (Å²) < 4.78 is 10.7. The van der Waals surface area contributed by atoms with Crippen LogP contribution < -0.4 is 0 Å². The minimum absolute atomic E-state index is 0.0827. The van der Waals surface area contributed by atoms with Crippen LogP contribution in [0.25, 0.3) is 0 Å². The lowest BCUT2D eigenvalue weighted by Gasteiger charge is -2.15. The third kappa shape index (κ3) is 46.6. The lowest BCUT2D eigenvalue weighted by molar-refractivity contribution is -0.161. The minimum Gasteiger partial charge on any atom is -0.462 e. The Balaban J connectivity index is 3.93. The second-order valence-electron chi connectivity index (χ2n) is 19.4. The van der Waals surface area contributed by atoms with Crippen LogP contribution in [-0.4, -0.2) is 42.1 Å². The molecule has 63 heavy (non-hydrogen) atoms. The van der Waals surface area contributed by atoms with Crippen LogP contribution in [-0.2, 0) is 23.9 Å². The molecule has 6 nitrogen and oxygen atoms in total. The second kappa shape index (κ2) is 51.3. The molecule has 0 rings (SSSR count). The Morgan fingerprint density at radius 2 is 0.762 bits per heavy atom. The van der Waals surface area contributed by atoms with E-state index < -0.39 is 6.10 Å². The summed E-state index contributed by atoms with van der Waals surface area (Å²) in [5.41, 5.74) is 0. The zero-order valence-electron chi connectivity index (χ0n) is 42.5. The molecule has 0 aromatic rings. The molecule has 1 N–H and O–H groups in total. The molecule has 0 bridgehead atoms. The number of aliphatic hydroxyl groups excluding tert-OH is 1. The number of esters is 2. The van der Waals surface area contributed by atoms with Crippen LogP contribution in [0.5, 0.6) is 0 Å². The molecule has 0 aromatic heterocycles. The molecule has 0 amide bonds. The smallest absolute Gasteiger partial charge is 0.306 e. The molecule has 0 aliphatic heterocycles. The van der Waals surface area contributed by atoms with E-state index in [0.717, 1.165) is 89.9 Å². The zero-order chi connectivity index (χ0) is 45.9. The predicted octanol–water partition coefficient (Wildman–Crippen LogP) is 17.8. The fourth-order valence-corrected chi connectivity index (χ4v) is 8.81. The first-order valence-corrected chi connectivity index (χ1v) is 28.1. The van der Waals surface area contributed by atoms with E-state index in [9.17, 15) is 19.5 Å². The molecule has 0 aliphatic rings. The fraction of sp³-hybridized carbons (Fsp3) is 0.912. The summed E-state index contributed by atoms with van der Waals surface area (Å²) in [4.78, 5) is 37.8. The summed E-state index contributed by atoms with van der Waals surface area (Å²) in [7, 11) is 0. The van der Waals surface area contributed by atoms with Gasteiger partial charge in [0.2, 0.25) is 0 Å². The van der Waals surface area contributed by atoms with E-state index >= 15 is 0 Å². The van der Waals surface area contributed by atoms with Crippen molar-refractivity contribution in [1.29, 1.82) is 0 Å². The highest BCUT2D eigenvalue weighted by Crippen LogP contribution is 2.21. The highest BCUT2D eigenvalue weighted by molar-refractivity contribution is 5.81. The van der Waals surface area contributed by atoms with Gasteiger partial charge in [-0.1, -0.05) is 258 Å². The number of carbonyl (C=O) groups excluding carboxylic acids is 3. The first-order chi connectivity index (χ1) is 31.0. The van der Waals surface area contributed by atoms with Crippen molar-refractivity contribution in [3.8, 4) is 0 Å². The van der Waals surface area contributed by atoms with Gasteiger partial charge in [-0.25, -0.2) is 0 Å². The molecule has 0 radical (unpaired) electrons. The third-order valence-corrected chi connectivity index (χ3v) is 13.1. The van der Waals surface area contributed by atoms with Gasteiger partial charge < -0.3 is 14.6 Å². The largest absolute Gasteiger partial charge is 0.462 e. The van der Waals surface area contributed by atoms with Gasteiger partial charge in [0, 0.05) is 25.2 Å². The van der Waals surface area contributed by atoms with Crippen LogP contribution >= 0.6 is 0 Å². The molecular formula is C57H108O6. The van der Waals surface area contributed by atoms with Crippen LogP contribution in [0.4, 0.5) is 0 Å². The maximum atomic E-state index is 13.2. The van der Waals surface area contributed by atoms with Gasteiger partial charge in [-0.15, -0.1) is 0 Å². The number of rotatable bonds is 52. The van der Waals surface area contributed by atoms with Gasteiger partial charge in [0.25, 0.3) is 0 Å². The van der Waals surface area contributed by atoms with Gasteiger partial charge in [-0.05, 0) is 44.9 Å². The number of allylic oxidation sites excluding steroid dienone is 2. The molecule has 0 aromatic carbocycles. The molecule has 0 aliphatic carbocycles. The first-order valence-electron chi connectivity index (χ1n) is 28.1. The number of hydrogen-bond donors (Lipinski definition) is 1. The molecule has 0 saturated heterocycles. The van der Waals surface area contributed by atoms with E-state index in [1.54, 1.807) is 0 Å². The fourth-order valence-electron chi connectivity index (χ4n) is 8.81. The van der Waals surface area contributed by atoms with E-state index in [1.807, 2.05) is 0 Å². The zero-order valence-corrected chi connectivity index (χ0v) is 42.5. The summed E-state index contributed by atoms with van der Waals surface area (Å²) in [5, 5.41) is 9.67. The van der Waals surface area contributed by atoms with Crippen molar-refractivity contribution >= 4 is 17.7 Å². The Morgan fingerprint density at radius 1 is 0.413 bits per heavy atom. The topological polar surface area (TPSA) is 89.9 Å². The molecule has 0 spiro atoms. The number of carbonyl (C=O) groups is 3. The van der Waals surface area contributed by atoms with Crippen molar-refractivity contribution in [2.24, 2.45) is 5.92 Å². The van der Waals surface area contributed by atoms with Crippen molar-refractivity contribution in [3.63, 3.8) is 0 Å². The highest BCUT2D eigenvalue weighted by Gasteiger charge is 2.17. The summed E-state index contributed by atoms with van der Waals surface area (Å²) >= 11 is 0. The summed E-state index contributed by atoms with van der Waals surface area (Å²) in [6.07, 6.45) is 57.6. The average molecular weight is 889 g/mol. The summed E-state index contributed by atoms with van der Waals surface area (Å²) in [6, 6.07) is 0. The molecular weight excluding hydrogens is 781 g/mol. The van der Waals surface area contributed by atoms with Crippen LogP contribution in [0, 0.1) is 5.92 Å². The summed E-state index contributed by atoms with van der Waals surface area (Å²) in [6.45, 7) is 6.37. The van der Waals surface area contributed by atoms with Gasteiger partial charge in [-0.3, -0.25) is 14.4 Å². The molecule has 0 fully saturated rings. The van der Waals surface area contributed by atoms with Crippen LogP contribution in [0.15, 0.2) is 12.2 Å². The Kier molecular flexibility index (Phi) is 49.9. The summed E-state index contributed by atoms with van der Waals surface area (Å²) in [5.74, 6) is 0.0519. The predicted molar refractivity (Wildman–Crippen MR) is 270 cm³/mol. The van der Waals surface area contributed by atoms with Crippen LogP contribution in [0.2, 0.25) is 0 Å². The minimum atomic E-state index is -0.797. The quantitative estimate of drug-likeness (QED) is 0.0372. The van der Waals surface area contributed by atoms with Crippen LogP contribution in [0.1, 0.15) is 310 Å². The van der Waals surface area contributed by atoms with Gasteiger partial charge in [0.15, 0.2) is 6.10 Å². The van der Waals surface area contributed by atoms with Crippen molar-refractivity contribution < 1.29 is 29.0 Å². The van der Waals surface area contributed by atoms with Crippen molar-refractivity contribution in [2.75, 3.05) is 13.2 Å². The van der Waals surface area contributed by atoms with E-state index in [4.69, 9.17) is 9.47 Å². The van der Waals surface area contributed by atoms with Gasteiger partial charge in [0.1, 0.15) is 12.4 Å². The third-order valence-electron chi connectivity index (χ3n) is 13.1. The van der Waals surface area contributed by atoms with Crippen molar-refractivity contribution in [1.82, 2.24) is 0 Å².